The highest BCUT2D eigenvalue weighted by molar-refractivity contribution is 5.93. The van der Waals surface area contributed by atoms with Gasteiger partial charge in [0.2, 0.25) is 0 Å². The van der Waals surface area contributed by atoms with Gasteiger partial charge in [0.25, 0.3) is 0 Å². The van der Waals surface area contributed by atoms with Crippen molar-refractivity contribution < 1.29 is 4.42 Å². The van der Waals surface area contributed by atoms with E-state index in [2.05, 4.69) is 11.1 Å². The number of fused-ring (bicyclic) bond motifs is 1. The number of hydrogen-bond acceptors (Lipinski definition) is 2. The molecule has 0 saturated carbocycles. The molecule has 3 aromatic rings. The van der Waals surface area contributed by atoms with Crippen molar-refractivity contribution in [3.8, 4) is 11.1 Å². The van der Waals surface area contributed by atoms with Gasteiger partial charge in [-0.3, -0.25) is 4.98 Å². The van der Waals surface area contributed by atoms with Gasteiger partial charge in [0.05, 0.1) is 6.26 Å². The first-order valence-corrected chi connectivity index (χ1v) is 4.73. The maximum absolute atomic E-state index is 5.33. The molecule has 71 valence electrons. The SMILES string of the molecule is [c]1cc(-c2ccncc2)c2ccoc2c1. The second kappa shape index (κ2) is 3.24. The van der Waals surface area contributed by atoms with Crippen molar-refractivity contribution in [2.45, 2.75) is 0 Å². The molecule has 0 N–H and O–H groups in total. The number of rotatable bonds is 1. The van der Waals surface area contributed by atoms with Crippen LogP contribution in [0.15, 0.2) is 53.4 Å². The molecule has 0 atom stereocenters. The quantitative estimate of drug-likeness (QED) is 0.594. The molecule has 0 saturated heterocycles. The molecule has 3 rings (SSSR count). The summed E-state index contributed by atoms with van der Waals surface area (Å²) in [5, 5.41) is 1.11. The standard InChI is InChI=1S/C13H8NO/c1-2-11(10-4-7-14-8-5-10)12-6-9-15-13(12)3-1/h2-9H. The molecular formula is C13H8NO. The number of pyridine rings is 1. The fourth-order valence-corrected chi connectivity index (χ4v) is 1.70. The summed E-state index contributed by atoms with van der Waals surface area (Å²) in [6.45, 7) is 0. The van der Waals surface area contributed by atoms with E-state index in [4.69, 9.17) is 4.42 Å². The number of furan rings is 1. The van der Waals surface area contributed by atoms with E-state index >= 15 is 0 Å². The molecule has 15 heavy (non-hydrogen) atoms. The van der Waals surface area contributed by atoms with Crippen LogP contribution < -0.4 is 0 Å². The third-order valence-electron chi connectivity index (χ3n) is 2.42. The van der Waals surface area contributed by atoms with Gasteiger partial charge in [-0.05, 0) is 47.5 Å². The number of nitrogens with zero attached hydrogens (tertiary/aromatic N) is 1. The maximum atomic E-state index is 5.33. The largest absolute Gasteiger partial charge is 0.464 e. The molecule has 2 heteroatoms. The molecule has 2 aromatic heterocycles. The van der Waals surface area contributed by atoms with Gasteiger partial charge in [-0.1, -0.05) is 0 Å². The molecule has 0 aliphatic carbocycles. The minimum atomic E-state index is 0.865. The molecule has 1 aromatic carbocycles. The first-order valence-electron chi connectivity index (χ1n) is 4.73. The summed E-state index contributed by atoms with van der Waals surface area (Å²) in [4.78, 5) is 4.00. The monoisotopic (exact) mass is 194 g/mol. The van der Waals surface area contributed by atoms with Gasteiger partial charge in [0.1, 0.15) is 5.58 Å². The number of aromatic nitrogens is 1. The minimum Gasteiger partial charge on any atom is -0.464 e. The number of hydrogen-bond donors (Lipinski definition) is 0. The molecule has 0 aliphatic heterocycles. The predicted octanol–water partition coefficient (Wildman–Crippen LogP) is 3.29. The van der Waals surface area contributed by atoms with Crippen LogP contribution >= 0.6 is 0 Å². The number of benzene rings is 1. The van der Waals surface area contributed by atoms with Crippen LogP contribution in [0, 0.1) is 6.07 Å². The average molecular weight is 194 g/mol. The van der Waals surface area contributed by atoms with Crippen molar-refractivity contribution in [2.75, 3.05) is 0 Å². The lowest BCUT2D eigenvalue weighted by atomic mass is 10.0. The Morgan fingerprint density at radius 3 is 2.80 bits per heavy atom. The fourth-order valence-electron chi connectivity index (χ4n) is 1.70. The van der Waals surface area contributed by atoms with Crippen molar-refractivity contribution in [3.63, 3.8) is 0 Å². The summed E-state index contributed by atoms with van der Waals surface area (Å²) in [7, 11) is 0. The van der Waals surface area contributed by atoms with Gasteiger partial charge in [-0.15, -0.1) is 0 Å². The van der Waals surface area contributed by atoms with Crippen LogP contribution in [0.3, 0.4) is 0 Å². The van der Waals surface area contributed by atoms with Gasteiger partial charge >= 0.3 is 0 Å². The highest BCUT2D eigenvalue weighted by Crippen LogP contribution is 2.28. The van der Waals surface area contributed by atoms with Crippen molar-refractivity contribution in [3.05, 3.63) is 55.1 Å². The normalized spacial score (nSPS) is 10.7. The van der Waals surface area contributed by atoms with E-state index in [1.807, 2.05) is 30.3 Å². The molecule has 0 bridgehead atoms. The Balaban J connectivity index is 2.31. The Morgan fingerprint density at radius 1 is 1.07 bits per heavy atom. The fraction of sp³-hybridized carbons (Fsp3) is 0. The molecule has 0 unspecified atom stereocenters. The van der Waals surface area contributed by atoms with Crippen LogP contribution in [0.4, 0.5) is 0 Å². The Kier molecular flexibility index (Phi) is 1.78. The topological polar surface area (TPSA) is 26.0 Å². The van der Waals surface area contributed by atoms with Crippen LogP contribution in [-0.2, 0) is 0 Å². The van der Waals surface area contributed by atoms with Gasteiger partial charge < -0.3 is 4.42 Å². The lowest BCUT2D eigenvalue weighted by Crippen LogP contribution is -1.78. The highest BCUT2D eigenvalue weighted by atomic mass is 16.3. The van der Waals surface area contributed by atoms with E-state index in [0.29, 0.717) is 0 Å². The third kappa shape index (κ3) is 1.31. The first-order chi connectivity index (χ1) is 7.45. The first kappa shape index (κ1) is 8.24. The highest BCUT2D eigenvalue weighted by Gasteiger charge is 2.04. The molecule has 0 amide bonds. The molecular weight excluding hydrogens is 186 g/mol. The summed E-state index contributed by atoms with van der Waals surface area (Å²) >= 11 is 0. The lowest BCUT2D eigenvalue weighted by Gasteiger charge is -2.01. The zero-order valence-corrected chi connectivity index (χ0v) is 7.97. The summed E-state index contributed by atoms with van der Waals surface area (Å²) in [6, 6.07) is 12.8. The van der Waals surface area contributed by atoms with E-state index in [-0.39, 0.29) is 0 Å². The Morgan fingerprint density at radius 2 is 1.93 bits per heavy atom. The smallest absolute Gasteiger partial charge is 0.135 e. The molecule has 0 spiro atoms. The summed E-state index contributed by atoms with van der Waals surface area (Å²) in [5.74, 6) is 0. The van der Waals surface area contributed by atoms with Crippen molar-refractivity contribution in [2.24, 2.45) is 0 Å². The van der Waals surface area contributed by atoms with Crippen molar-refractivity contribution in [1.29, 1.82) is 0 Å². The molecule has 2 nitrogen and oxygen atoms in total. The van der Waals surface area contributed by atoms with Crippen LogP contribution in [0.2, 0.25) is 0 Å². The van der Waals surface area contributed by atoms with E-state index in [1.54, 1.807) is 18.7 Å². The Bertz CT molecular complexity index is 584. The average Bonchev–Trinajstić information content (AvgIpc) is 2.78. The van der Waals surface area contributed by atoms with E-state index in [0.717, 1.165) is 22.1 Å². The summed E-state index contributed by atoms with van der Waals surface area (Å²) < 4.78 is 5.33. The predicted molar refractivity (Wildman–Crippen MR) is 58.3 cm³/mol. The Labute approximate surface area is 87.2 Å². The van der Waals surface area contributed by atoms with Gasteiger partial charge in [-0.25, -0.2) is 0 Å². The molecule has 0 fully saturated rings. The zero-order valence-electron chi connectivity index (χ0n) is 7.97. The summed E-state index contributed by atoms with van der Waals surface area (Å²) in [6.07, 6.45) is 5.27. The zero-order chi connectivity index (χ0) is 10.1. The molecule has 0 aliphatic rings. The van der Waals surface area contributed by atoms with Crippen molar-refractivity contribution >= 4 is 11.0 Å². The lowest BCUT2D eigenvalue weighted by molar-refractivity contribution is 0.616. The maximum Gasteiger partial charge on any atom is 0.135 e. The van der Waals surface area contributed by atoms with E-state index in [9.17, 15) is 0 Å². The molecule has 1 radical (unpaired) electrons. The van der Waals surface area contributed by atoms with Crippen LogP contribution in [0.5, 0.6) is 0 Å². The van der Waals surface area contributed by atoms with Crippen molar-refractivity contribution in [1.82, 2.24) is 4.98 Å². The van der Waals surface area contributed by atoms with Crippen LogP contribution in [-0.4, -0.2) is 4.98 Å². The van der Waals surface area contributed by atoms with Gasteiger partial charge in [0, 0.05) is 17.8 Å². The summed E-state index contributed by atoms with van der Waals surface area (Å²) in [5.41, 5.74) is 3.13. The van der Waals surface area contributed by atoms with E-state index < -0.39 is 0 Å². The van der Waals surface area contributed by atoms with Crippen LogP contribution in [0.25, 0.3) is 22.1 Å². The van der Waals surface area contributed by atoms with Gasteiger partial charge in [0.15, 0.2) is 0 Å². The third-order valence-corrected chi connectivity index (χ3v) is 2.42. The van der Waals surface area contributed by atoms with Gasteiger partial charge in [-0.2, -0.15) is 0 Å². The van der Waals surface area contributed by atoms with E-state index in [1.165, 1.54) is 0 Å². The van der Waals surface area contributed by atoms with Crippen LogP contribution in [0.1, 0.15) is 0 Å². The second-order valence-corrected chi connectivity index (χ2v) is 3.30. The second-order valence-electron chi connectivity index (χ2n) is 3.30. The minimum absolute atomic E-state index is 0.865. The molecule has 2 heterocycles. The Hall–Kier alpha value is -2.09.